The molecule has 4 nitrogen and oxygen atoms in total. The summed E-state index contributed by atoms with van der Waals surface area (Å²) in [5.41, 5.74) is 7.27. The van der Waals surface area contributed by atoms with Gasteiger partial charge in [-0.1, -0.05) is 23.8 Å². The van der Waals surface area contributed by atoms with Crippen LogP contribution < -0.4 is 10.2 Å². The zero-order chi connectivity index (χ0) is 23.4. The average Bonchev–Trinajstić information content (AvgIpc) is 2.75. The number of benzene rings is 2. The Morgan fingerprint density at radius 3 is 2.28 bits per heavy atom. The Labute approximate surface area is 189 Å². The van der Waals surface area contributed by atoms with Gasteiger partial charge in [0, 0.05) is 43.5 Å². The number of rotatable bonds is 6. The molecule has 1 N–H and O–H groups in total. The van der Waals surface area contributed by atoms with E-state index in [2.05, 4.69) is 36.3 Å². The number of anilines is 2. The van der Waals surface area contributed by atoms with Gasteiger partial charge in [-0.05, 0) is 80.3 Å². The molecule has 1 amide bonds. The first-order valence-corrected chi connectivity index (χ1v) is 10.7. The lowest BCUT2D eigenvalue weighted by atomic mass is 9.92. The largest absolute Gasteiger partial charge is 0.367 e. The van der Waals surface area contributed by atoms with E-state index in [-0.39, 0.29) is 11.7 Å². The van der Waals surface area contributed by atoms with Gasteiger partial charge in [0.1, 0.15) is 11.6 Å². The number of hydrogen-bond donors (Lipinski definition) is 1. The maximum atomic E-state index is 14.9. The molecular formula is C27H30FN3O. The second-order valence-corrected chi connectivity index (χ2v) is 8.32. The van der Waals surface area contributed by atoms with Gasteiger partial charge in [0.15, 0.2) is 0 Å². The van der Waals surface area contributed by atoms with Crippen molar-refractivity contribution >= 4 is 17.4 Å². The highest BCUT2D eigenvalue weighted by Gasteiger charge is 2.14. The second kappa shape index (κ2) is 9.77. The van der Waals surface area contributed by atoms with Crippen LogP contribution >= 0.6 is 0 Å². The summed E-state index contributed by atoms with van der Waals surface area (Å²) in [6, 6.07) is 13.0. The van der Waals surface area contributed by atoms with Crippen LogP contribution in [-0.4, -0.2) is 24.5 Å². The number of pyridine rings is 1. The number of nitrogens with one attached hydrogen (secondary N) is 1. The molecule has 0 aliphatic carbocycles. The molecule has 0 saturated heterocycles. The predicted octanol–water partition coefficient (Wildman–Crippen LogP) is 6.53. The third kappa shape index (κ3) is 5.22. The predicted molar refractivity (Wildman–Crippen MR) is 132 cm³/mol. The van der Waals surface area contributed by atoms with Crippen molar-refractivity contribution in [2.24, 2.45) is 0 Å². The first-order valence-electron chi connectivity index (χ1n) is 10.7. The molecule has 0 bridgehead atoms. The number of carbonyl (C=O) groups excluding carboxylic acids is 1. The number of halogens is 1. The minimum absolute atomic E-state index is 0.139. The lowest BCUT2D eigenvalue weighted by Crippen LogP contribution is -2.22. The molecule has 3 rings (SSSR count). The minimum atomic E-state index is -0.348. The Hall–Kier alpha value is -3.47. The van der Waals surface area contributed by atoms with E-state index in [1.54, 1.807) is 19.2 Å². The van der Waals surface area contributed by atoms with Crippen molar-refractivity contribution in [3.8, 4) is 22.3 Å². The molecule has 1 heterocycles. The van der Waals surface area contributed by atoms with Gasteiger partial charge in [-0.2, -0.15) is 0 Å². The Kier molecular flexibility index (Phi) is 7.08. The van der Waals surface area contributed by atoms with E-state index >= 15 is 0 Å². The van der Waals surface area contributed by atoms with Gasteiger partial charge in [-0.25, -0.2) is 9.37 Å². The van der Waals surface area contributed by atoms with E-state index in [9.17, 15) is 9.18 Å². The summed E-state index contributed by atoms with van der Waals surface area (Å²) in [4.78, 5) is 17.5. The average molecular weight is 432 g/mol. The zero-order valence-electron chi connectivity index (χ0n) is 19.6. The Balaban J connectivity index is 1.89. The Bertz CT molecular complexity index is 1160. The maximum Gasteiger partial charge on any atom is 0.223 e. The summed E-state index contributed by atoms with van der Waals surface area (Å²) in [7, 11) is 1.64. The number of aromatic nitrogens is 1. The Morgan fingerprint density at radius 2 is 1.69 bits per heavy atom. The molecule has 0 fully saturated rings. The molecule has 0 saturated carbocycles. The van der Waals surface area contributed by atoms with Crippen molar-refractivity contribution in [3.63, 3.8) is 0 Å². The summed E-state index contributed by atoms with van der Waals surface area (Å²) in [6.07, 6.45) is 3.98. The van der Waals surface area contributed by atoms with Crippen LogP contribution in [0.15, 0.2) is 60.3 Å². The van der Waals surface area contributed by atoms with Crippen molar-refractivity contribution in [2.45, 2.75) is 34.6 Å². The molecular weight excluding hydrogens is 401 g/mol. The fourth-order valence-electron chi connectivity index (χ4n) is 3.55. The maximum absolute atomic E-state index is 14.9. The summed E-state index contributed by atoms with van der Waals surface area (Å²) < 4.78 is 14.9. The van der Waals surface area contributed by atoms with E-state index in [1.165, 1.54) is 23.5 Å². The zero-order valence-corrected chi connectivity index (χ0v) is 19.6. The molecule has 32 heavy (non-hydrogen) atoms. The highest BCUT2D eigenvalue weighted by atomic mass is 19.1. The van der Waals surface area contributed by atoms with E-state index in [0.717, 1.165) is 40.2 Å². The standard InChI is InChI=1S/C27H30FN3O/c1-17(2)11-12-29-27-10-7-21(16-30-27)24-13-19(4)25(14-18(24)3)23-9-8-22(15-26(23)28)31(6)20(5)32/h7-11,13-16H,12H2,1-6H3,(H,29,30). The van der Waals surface area contributed by atoms with Crippen molar-refractivity contribution in [1.82, 2.24) is 4.98 Å². The molecule has 2 aromatic carbocycles. The van der Waals surface area contributed by atoms with E-state index < -0.39 is 0 Å². The number of aryl methyl sites for hydroxylation is 2. The number of nitrogens with zero attached hydrogens (tertiary/aromatic N) is 2. The topological polar surface area (TPSA) is 45.2 Å². The molecule has 0 aliphatic rings. The Morgan fingerprint density at radius 1 is 1.00 bits per heavy atom. The van der Waals surface area contributed by atoms with Gasteiger partial charge in [-0.15, -0.1) is 0 Å². The summed E-state index contributed by atoms with van der Waals surface area (Å²) in [6.45, 7) is 10.3. The van der Waals surface area contributed by atoms with Gasteiger partial charge >= 0.3 is 0 Å². The highest BCUT2D eigenvalue weighted by molar-refractivity contribution is 5.91. The smallest absolute Gasteiger partial charge is 0.223 e. The van der Waals surface area contributed by atoms with Crippen LogP contribution in [0.5, 0.6) is 0 Å². The first kappa shape index (κ1) is 23.2. The van der Waals surface area contributed by atoms with Crippen molar-refractivity contribution < 1.29 is 9.18 Å². The SMILES string of the molecule is CC(=O)N(C)c1ccc(-c2cc(C)c(-c3ccc(NCC=C(C)C)nc3)cc2C)c(F)c1. The number of carbonyl (C=O) groups is 1. The van der Waals surface area contributed by atoms with Crippen LogP contribution in [0.1, 0.15) is 31.9 Å². The number of amides is 1. The van der Waals surface area contributed by atoms with Gasteiger partial charge in [0.05, 0.1) is 0 Å². The van der Waals surface area contributed by atoms with E-state index in [4.69, 9.17) is 0 Å². The van der Waals surface area contributed by atoms with Crippen LogP contribution in [0.25, 0.3) is 22.3 Å². The third-order valence-electron chi connectivity index (χ3n) is 5.54. The van der Waals surface area contributed by atoms with Gasteiger partial charge < -0.3 is 10.2 Å². The highest BCUT2D eigenvalue weighted by Crippen LogP contribution is 2.34. The third-order valence-corrected chi connectivity index (χ3v) is 5.54. The summed E-state index contributed by atoms with van der Waals surface area (Å²) in [5.74, 6) is 0.342. The molecule has 0 atom stereocenters. The van der Waals surface area contributed by atoms with Gasteiger partial charge in [0.25, 0.3) is 0 Å². The van der Waals surface area contributed by atoms with Crippen molar-refractivity contribution in [3.05, 3.63) is 77.3 Å². The van der Waals surface area contributed by atoms with Crippen LogP contribution in [-0.2, 0) is 4.79 Å². The quantitative estimate of drug-likeness (QED) is 0.451. The fraction of sp³-hybridized carbons (Fsp3) is 0.259. The van der Waals surface area contributed by atoms with Gasteiger partial charge in [-0.3, -0.25) is 4.79 Å². The molecule has 0 spiro atoms. The van der Waals surface area contributed by atoms with Crippen molar-refractivity contribution in [2.75, 3.05) is 23.8 Å². The van der Waals surface area contributed by atoms with Crippen molar-refractivity contribution in [1.29, 1.82) is 0 Å². The van der Waals surface area contributed by atoms with E-state index in [1.807, 2.05) is 38.2 Å². The normalized spacial score (nSPS) is 10.6. The lowest BCUT2D eigenvalue weighted by molar-refractivity contribution is -0.116. The van der Waals surface area contributed by atoms with Crippen LogP contribution in [0, 0.1) is 19.7 Å². The van der Waals surface area contributed by atoms with Gasteiger partial charge in [0.2, 0.25) is 5.91 Å². The fourth-order valence-corrected chi connectivity index (χ4v) is 3.55. The lowest BCUT2D eigenvalue weighted by Gasteiger charge is -2.17. The second-order valence-electron chi connectivity index (χ2n) is 8.32. The molecule has 166 valence electrons. The molecule has 3 aromatic rings. The van der Waals surface area contributed by atoms with E-state index in [0.29, 0.717) is 11.3 Å². The minimum Gasteiger partial charge on any atom is -0.367 e. The van der Waals surface area contributed by atoms with Crippen LogP contribution in [0.4, 0.5) is 15.9 Å². The summed E-state index contributed by atoms with van der Waals surface area (Å²) >= 11 is 0. The molecule has 0 radical (unpaired) electrons. The number of allylic oxidation sites excluding steroid dienone is 1. The molecule has 5 heteroatoms. The monoisotopic (exact) mass is 431 g/mol. The number of hydrogen-bond acceptors (Lipinski definition) is 3. The van der Waals surface area contributed by atoms with Crippen LogP contribution in [0.2, 0.25) is 0 Å². The molecule has 0 unspecified atom stereocenters. The summed E-state index contributed by atoms with van der Waals surface area (Å²) in [5, 5.41) is 3.28. The molecule has 0 aliphatic heterocycles. The van der Waals surface area contributed by atoms with Crippen LogP contribution in [0.3, 0.4) is 0 Å². The molecule has 1 aromatic heterocycles. The first-order chi connectivity index (χ1) is 15.2.